The van der Waals surface area contributed by atoms with Crippen molar-refractivity contribution in [2.24, 2.45) is 0 Å². The first-order chi connectivity index (χ1) is 14.9. The predicted molar refractivity (Wildman–Crippen MR) is 120 cm³/mol. The van der Waals surface area contributed by atoms with Crippen LogP contribution in [0.1, 0.15) is 12.6 Å². The summed E-state index contributed by atoms with van der Waals surface area (Å²) in [6.07, 6.45) is 7.91. The number of carbonyl (C=O) groups is 2. The van der Waals surface area contributed by atoms with E-state index in [9.17, 15) is 14.4 Å². The van der Waals surface area contributed by atoms with Gasteiger partial charge in [0.15, 0.2) is 0 Å². The number of nitrogens with one attached hydrogen (secondary N) is 1. The maximum absolute atomic E-state index is 12.8. The second kappa shape index (κ2) is 8.16. The van der Waals surface area contributed by atoms with Crippen molar-refractivity contribution in [2.75, 3.05) is 0 Å². The highest BCUT2D eigenvalue weighted by Crippen LogP contribution is 2.29. The van der Waals surface area contributed by atoms with E-state index in [-0.39, 0.29) is 17.7 Å². The van der Waals surface area contributed by atoms with Gasteiger partial charge in [-0.2, -0.15) is 5.10 Å². The molecule has 3 aromatic rings. The number of thiol groups is 1. The van der Waals surface area contributed by atoms with Gasteiger partial charge < -0.3 is 0 Å². The van der Waals surface area contributed by atoms with Crippen molar-refractivity contribution in [2.45, 2.75) is 18.4 Å². The molecule has 1 N–H and O–H groups in total. The molecule has 0 unspecified atom stereocenters. The second-order valence-electron chi connectivity index (χ2n) is 6.91. The summed E-state index contributed by atoms with van der Waals surface area (Å²) in [6.45, 7) is 5.23. The molecule has 0 radical (unpaired) electrons. The van der Waals surface area contributed by atoms with Gasteiger partial charge >= 0.3 is 0 Å². The first kappa shape index (κ1) is 20.5. The Morgan fingerprint density at radius 1 is 1.06 bits per heavy atom. The normalized spacial score (nSPS) is 16.6. The maximum Gasteiger partial charge on any atom is 0.272 e. The molecule has 1 aromatic carbocycles. The Hall–Kier alpha value is -3.78. The van der Waals surface area contributed by atoms with Crippen molar-refractivity contribution in [1.82, 2.24) is 20.1 Å². The fourth-order valence-electron chi connectivity index (χ4n) is 3.57. The van der Waals surface area contributed by atoms with Crippen LogP contribution in [-0.2, 0) is 16.1 Å². The number of hydrogen-bond donors (Lipinski definition) is 2. The van der Waals surface area contributed by atoms with E-state index in [1.54, 1.807) is 43.6 Å². The third-order valence-corrected chi connectivity index (χ3v) is 5.29. The highest BCUT2D eigenvalue weighted by atomic mass is 32.1. The average molecular weight is 430 g/mol. The molecular formula is C23H18N4O3S. The molecule has 2 amide bonds. The molecule has 4 rings (SSSR count). The number of benzene rings is 1. The molecule has 0 bridgehead atoms. The summed E-state index contributed by atoms with van der Waals surface area (Å²) in [5, 5.41) is 7.55. The maximum atomic E-state index is 12.8. The zero-order chi connectivity index (χ0) is 22.1. The van der Waals surface area contributed by atoms with Crippen LogP contribution in [-0.4, -0.2) is 31.9 Å². The van der Waals surface area contributed by atoms with Crippen molar-refractivity contribution in [3.63, 3.8) is 0 Å². The molecular weight excluding hydrogens is 412 g/mol. The Morgan fingerprint density at radius 2 is 1.84 bits per heavy atom. The number of aromatic nitrogens is 3. The van der Waals surface area contributed by atoms with Gasteiger partial charge in [-0.15, -0.1) is 12.6 Å². The van der Waals surface area contributed by atoms with Crippen LogP contribution < -0.4 is 5.56 Å². The zero-order valence-corrected chi connectivity index (χ0v) is 17.5. The van der Waals surface area contributed by atoms with Crippen LogP contribution in [0.25, 0.3) is 21.9 Å². The van der Waals surface area contributed by atoms with Crippen molar-refractivity contribution in [3.05, 3.63) is 88.7 Å². The molecule has 2 aromatic heterocycles. The summed E-state index contributed by atoms with van der Waals surface area (Å²) < 4.78 is 0. The van der Waals surface area contributed by atoms with Gasteiger partial charge in [-0.25, -0.2) is 5.10 Å². The number of amides is 2. The number of H-pyrrole nitrogens is 1. The minimum absolute atomic E-state index is 0.0783. The third-order valence-electron chi connectivity index (χ3n) is 5.05. The molecule has 0 atom stereocenters. The van der Waals surface area contributed by atoms with E-state index in [1.807, 2.05) is 6.07 Å². The summed E-state index contributed by atoms with van der Waals surface area (Å²) in [6, 6.07) is 7.16. The van der Waals surface area contributed by atoms with Crippen LogP contribution in [0, 0.1) is 0 Å². The van der Waals surface area contributed by atoms with Gasteiger partial charge in [0.1, 0.15) is 0 Å². The van der Waals surface area contributed by atoms with E-state index in [2.05, 4.69) is 34.4 Å². The smallest absolute Gasteiger partial charge is 0.269 e. The minimum Gasteiger partial charge on any atom is -0.269 e. The van der Waals surface area contributed by atoms with E-state index >= 15 is 0 Å². The lowest BCUT2D eigenvalue weighted by Crippen LogP contribution is -2.30. The van der Waals surface area contributed by atoms with Crippen LogP contribution in [0.4, 0.5) is 0 Å². The van der Waals surface area contributed by atoms with Gasteiger partial charge in [0.2, 0.25) is 0 Å². The monoisotopic (exact) mass is 430 g/mol. The molecule has 0 aliphatic carbocycles. The number of likely N-dealkylation sites (tertiary alicyclic amines) is 1. The van der Waals surface area contributed by atoms with Crippen LogP contribution in [0.3, 0.4) is 0 Å². The number of allylic oxidation sites excluding steroid dienone is 3. The molecule has 31 heavy (non-hydrogen) atoms. The Bertz CT molecular complexity index is 1370. The van der Waals surface area contributed by atoms with Crippen LogP contribution in [0.2, 0.25) is 0 Å². The number of imide groups is 1. The Kier molecular flexibility index (Phi) is 5.39. The summed E-state index contributed by atoms with van der Waals surface area (Å²) in [7, 11) is 0. The molecule has 154 valence electrons. The van der Waals surface area contributed by atoms with Crippen LogP contribution in [0.5, 0.6) is 0 Å². The topological polar surface area (TPSA) is 96.0 Å². The molecule has 8 heteroatoms. The number of aromatic amines is 1. The first-order valence-corrected chi connectivity index (χ1v) is 9.90. The summed E-state index contributed by atoms with van der Waals surface area (Å²) in [5.41, 5.74) is 2.28. The lowest BCUT2D eigenvalue weighted by atomic mass is 10.0. The molecule has 0 spiro atoms. The van der Waals surface area contributed by atoms with Gasteiger partial charge in [-0.05, 0) is 36.8 Å². The fraction of sp³-hybridized carbons (Fsp3) is 0.0870. The van der Waals surface area contributed by atoms with Gasteiger partial charge in [0, 0.05) is 33.8 Å². The number of nitrogens with zero attached hydrogens (tertiary/aromatic N) is 3. The van der Waals surface area contributed by atoms with Gasteiger partial charge in [0.05, 0.1) is 23.2 Å². The third kappa shape index (κ3) is 3.62. The number of fused-ring (bicyclic) bond motifs is 1. The predicted octanol–water partition coefficient (Wildman–Crippen LogP) is 3.20. The van der Waals surface area contributed by atoms with Crippen LogP contribution >= 0.6 is 12.6 Å². The highest BCUT2D eigenvalue weighted by Gasteiger charge is 2.38. The summed E-state index contributed by atoms with van der Waals surface area (Å²) in [4.78, 5) is 43.9. The lowest BCUT2D eigenvalue weighted by molar-refractivity contribution is -0.137. The van der Waals surface area contributed by atoms with Gasteiger partial charge in [0.25, 0.3) is 17.4 Å². The van der Waals surface area contributed by atoms with Crippen molar-refractivity contribution >= 4 is 35.2 Å². The number of pyridine rings is 1. The summed E-state index contributed by atoms with van der Waals surface area (Å²) >= 11 is 4.33. The summed E-state index contributed by atoms with van der Waals surface area (Å²) in [5.74, 6) is -0.841. The standard InChI is InChI=1S/C23H18N4O3S/c1-3-5-18-16(4-2)22(29)27(23(18)30)12-20-19-9-13(14-8-15(31)11-24-10-14)6-7-17(19)21(28)26-25-20/h3-11,31H,1,12H2,2H3,(H,26,28)/b16-4+,18-5+. The fourth-order valence-corrected chi connectivity index (χ4v) is 3.78. The molecule has 3 heterocycles. The van der Waals surface area contributed by atoms with Gasteiger partial charge in [-0.1, -0.05) is 24.8 Å². The number of rotatable bonds is 4. The Labute approximate surface area is 183 Å². The zero-order valence-electron chi connectivity index (χ0n) is 16.6. The number of hydrogen-bond acceptors (Lipinski definition) is 6. The van der Waals surface area contributed by atoms with Gasteiger partial charge in [-0.3, -0.25) is 24.3 Å². The molecule has 0 saturated carbocycles. The number of carbonyl (C=O) groups excluding carboxylic acids is 2. The van der Waals surface area contributed by atoms with Crippen molar-refractivity contribution in [3.8, 4) is 11.1 Å². The first-order valence-electron chi connectivity index (χ1n) is 9.46. The van der Waals surface area contributed by atoms with E-state index in [4.69, 9.17) is 0 Å². The molecule has 1 aliphatic rings. The second-order valence-corrected chi connectivity index (χ2v) is 7.42. The van der Waals surface area contributed by atoms with Crippen LogP contribution in [0.15, 0.2) is 82.3 Å². The van der Waals surface area contributed by atoms with Crippen molar-refractivity contribution < 1.29 is 9.59 Å². The largest absolute Gasteiger partial charge is 0.272 e. The highest BCUT2D eigenvalue weighted by molar-refractivity contribution is 7.80. The Morgan fingerprint density at radius 3 is 2.55 bits per heavy atom. The van der Waals surface area contributed by atoms with E-state index in [0.717, 1.165) is 16.0 Å². The average Bonchev–Trinajstić information content (AvgIpc) is 2.99. The quantitative estimate of drug-likeness (QED) is 0.376. The van der Waals surface area contributed by atoms with E-state index < -0.39 is 11.8 Å². The minimum atomic E-state index is -0.428. The molecule has 1 aliphatic heterocycles. The molecule has 1 fully saturated rings. The molecule has 1 saturated heterocycles. The SMILES string of the molecule is C=C/C=C1/C(=O)N(Cc2n[nH]c(=O)c3ccc(-c4cncc(S)c4)cc23)C(=O)/C1=C/C. The van der Waals surface area contributed by atoms with Crippen molar-refractivity contribution in [1.29, 1.82) is 0 Å². The van der Waals surface area contributed by atoms with E-state index in [0.29, 0.717) is 26.9 Å². The van der Waals surface area contributed by atoms with E-state index in [1.165, 1.54) is 12.2 Å². The molecule has 7 nitrogen and oxygen atoms in total. The lowest BCUT2D eigenvalue weighted by Gasteiger charge is -2.14. The Balaban J connectivity index is 1.82.